The second-order valence-corrected chi connectivity index (χ2v) is 9.23. The number of ether oxygens (including phenoxy) is 1. The smallest absolute Gasteiger partial charge is 0.315 e. The summed E-state index contributed by atoms with van der Waals surface area (Å²) in [6.07, 6.45) is 3.70. The maximum Gasteiger partial charge on any atom is 0.315 e. The van der Waals surface area contributed by atoms with Crippen molar-refractivity contribution in [2.45, 2.75) is 77.0 Å². The molecule has 0 atom stereocenters. The molecule has 5 heteroatoms. The van der Waals surface area contributed by atoms with Crippen LogP contribution in [0.5, 0.6) is 5.75 Å². The fourth-order valence-corrected chi connectivity index (χ4v) is 3.99. The summed E-state index contributed by atoms with van der Waals surface area (Å²) in [5.74, 6) is 1.24. The first-order valence-electron chi connectivity index (χ1n) is 11.1. The first kappa shape index (κ1) is 22.7. The van der Waals surface area contributed by atoms with E-state index in [0.29, 0.717) is 11.5 Å². The third-order valence-corrected chi connectivity index (χ3v) is 6.00. The van der Waals surface area contributed by atoms with Crippen molar-refractivity contribution in [3.63, 3.8) is 0 Å². The van der Waals surface area contributed by atoms with Crippen molar-refractivity contribution >= 4 is 6.03 Å². The second-order valence-electron chi connectivity index (χ2n) is 9.23. The quantitative estimate of drug-likeness (QED) is 0.639. The van der Waals surface area contributed by atoms with E-state index in [2.05, 4.69) is 54.8 Å². The van der Waals surface area contributed by atoms with Gasteiger partial charge in [-0.15, -0.1) is 0 Å². The van der Waals surface area contributed by atoms with Gasteiger partial charge < -0.3 is 15.4 Å². The number of urea groups is 1. The molecule has 0 saturated heterocycles. The number of nitriles is 1. The lowest BCUT2D eigenvalue weighted by Gasteiger charge is -2.32. The van der Waals surface area contributed by atoms with Crippen LogP contribution in [-0.4, -0.2) is 18.2 Å². The largest absolute Gasteiger partial charge is 0.490 e. The molecule has 2 amide bonds. The van der Waals surface area contributed by atoms with Crippen molar-refractivity contribution in [3.8, 4) is 11.8 Å². The van der Waals surface area contributed by atoms with Gasteiger partial charge in [0.15, 0.2) is 0 Å². The molecule has 2 N–H and O–H groups in total. The van der Waals surface area contributed by atoms with Gasteiger partial charge in [0.05, 0.1) is 23.3 Å². The van der Waals surface area contributed by atoms with Crippen LogP contribution in [0.1, 0.15) is 76.0 Å². The number of carbonyl (C=O) groups is 1. The summed E-state index contributed by atoms with van der Waals surface area (Å²) in [7, 11) is 0. The molecule has 3 rings (SSSR count). The van der Waals surface area contributed by atoms with Gasteiger partial charge in [0.1, 0.15) is 5.75 Å². The first-order valence-corrected chi connectivity index (χ1v) is 11.1. The lowest BCUT2D eigenvalue weighted by Crippen LogP contribution is -2.50. The zero-order chi connectivity index (χ0) is 22.4. The SMILES string of the molecule is CC(C)c1cccc(C(C)(C)NC(=O)N[C@H]2CC[C@H](Oc3ccc(C#N)cc3)CC2)c1. The van der Waals surface area contributed by atoms with Crippen molar-refractivity contribution in [2.24, 2.45) is 0 Å². The van der Waals surface area contributed by atoms with Gasteiger partial charge in [0, 0.05) is 6.04 Å². The predicted molar refractivity (Wildman–Crippen MR) is 123 cm³/mol. The Morgan fingerprint density at radius 1 is 1.10 bits per heavy atom. The molecule has 1 aliphatic rings. The molecule has 0 spiro atoms. The van der Waals surface area contributed by atoms with E-state index >= 15 is 0 Å². The summed E-state index contributed by atoms with van der Waals surface area (Å²) in [6, 6.07) is 17.8. The summed E-state index contributed by atoms with van der Waals surface area (Å²) in [5, 5.41) is 15.2. The number of amides is 2. The average molecular weight is 420 g/mol. The van der Waals surface area contributed by atoms with E-state index in [4.69, 9.17) is 10.00 Å². The molecule has 1 saturated carbocycles. The van der Waals surface area contributed by atoms with Gasteiger partial charge in [-0.05, 0) is 80.8 Å². The lowest BCUT2D eigenvalue weighted by atomic mass is 9.90. The number of rotatable bonds is 6. The maximum atomic E-state index is 12.7. The summed E-state index contributed by atoms with van der Waals surface area (Å²) >= 11 is 0. The molecule has 0 aromatic heterocycles. The molecule has 1 fully saturated rings. The summed E-state index contributed by atoms with van der Waals surface area (Å²) in [5.41, 5.74) is 2.55. The van der Waals surface area contributed by atoms with Crippen molar-refractivity contribution < 1.29 is 9.53 Å². The molecule has 0 radical (unpaired) electrons. The van der Waals surface area contributed by atoms with Crippen LogP contribution in [0.3, 0.4) is 0 Å². The third kappa shape index (κ3) is 6.24. The number of nitrogens with one attached hydrogen (secondary N) is 2. The fraction of sp³-hybridized carbons (Fsp3) is 0.462. The van der Waals surface area contributed by atoms with Gasteiger partial charge in [0.2, 0.25) is 0 Å². The van der Waals surface area contributed by atoms with E-state index in [-0.39, 0.29) is 18.2 Å². The number of benzene rings is 2. The van der Waals surface area contributed by atoms with E-state index in [9.17, 15) is 4.79 Å². The molecule has 5 nitrogen and oxygen atoms in total. The molecule has 0 aliphatic heterocycles. The molecule has 31 heavy (non-hydrogen) atoms. The van der Waals surface area contributed by atoms with Gasteiger partial charge in [-0.25, -0.2) is 4.79 Å². The third-order valence-electron chi connectivity index (χ3n) is 6.00. The predicted octanol–water partition coefficient (Wildman–Crippen LogP) is 5.61. The Kier molecular flexibility index (Phi) is 7.22. The van der Waals surface area contributed by atoms with Crippen molar-refractivity contribution in [1.29, 1.82) is 5.26 Å². The van der Waals surface area contributed by atoms with Gasteiger partial charge in [-0.3, -0.25) is 0 Å². The van der Waals surface area contributed by atoms with Crippen LogP contribution < -0.4 is 15.4 Å². The Morgan fingerprint density at radius 3 is 2.39 bits per heavy atom. The van der Waals surface area contributed by atoms with Crippen LogP contribution in [0.25, 0.3) is 0 Å². The highest BCUT2D eigenvalue weighted by molar-refractivity contribution is 5.75. The van der Waals surface area contributed by atoms with E-state index in [1.54, 1.807) is 12.1 Å². The minimum absolute atomic E-state index is 0.128. The van der Waals surface area contributed by atoms with Gasteiger partial charge in [-0.2, -0.15) is 5.26 Å². The highest BCUT2D eigenvalue weighted by atomic mass is 16.5. The first-order chi connectivity index (χ1) is 14.8. The number of carbonyl (C=O) groups excluding carboxylic acids is 1. The van der Waals surface area contributed by atoms with Gasteiger partial charge in [0.25, 0.3) is 0 Å². The lowest BCUT2D eigenvalue weighted by molar-refractivity contribution is 0.139. The minimum Gasteiger partial charge on any atom is -0.490 e. The molecule has 1 aliphatic carbocycles. The highest BCUT2D eigenvalue weighted by Gasteiger charge is 2.27. The monoisotopic (exact) mass is 419 g/mol. The normalized spacial score (nSPS) is 18.8. The highest BCUT2D eigenvalue weighted by Crippen LogP contribution is 2.26. The van der Waals surface area contributed by atoms with Crippen LogP contribution in [0, 0.1) is 11.3 Å². The van der Waals surface area contributed by atoms with E-state index in [1.807, 2.05) is 26.0 Å². The van der Waals surface area contributed by atoms with E-state index in [0.717, 1.165) is 37.0 Å². The Bertz CT molecular complexity index is 920. The number of nitrogens with zero attached hydrogens (tertiary/aromatic N) is 1. The van der Waals surface area contributed by atoms with E-state index < -0.39 is 5.54 Å². The van der Waals surface area contributed by atoms with Crippen LogP contribution >= 0.6 is 0 Å². The molecule has 0 unspecified atom stereocenters. The summed E-state index contributed by atoms with van der Waals surface area (Å²) in [4.78, 5) is 12.7. The summed E-state index contributed by atoms with van der Waals surface area (Å²) in [6.45, 7) is 8.42. The molecule has 164 valence electrons. The van der Waals surface area contributed by atoms with Crippen molar-refractivity contribution in [2.75, 3.05) is 0 Å². The Morgan fingerprint density at radius 2 is 1.77 bits per heavy atom. The fourth-order valence-electron chi connectivity index (χ4n) is 3.99. The molecule has 0 bridgehead atoms. The second kappa shape index (κ2) is 9.87. The minimum atomic E-state index is -0.453. The zero-order valence-corrected chi connectivity index (χ0v) is 18.9. The van der Waals surface area contributed by atoms with Gasteiger partial charge >= 0.3 is 6.03 Å². The molecular formula is C26H33N3O2. The Labute approximate surface area is 185 Å². The Balaban J connectivity index is 1.48. The van der Waals surface area contributed by atoms with Crippen LogP contribution in [0.4, 0.5) is 4.79 Å². The Hall–Kier alpha value is -3.00. The standard InChI is InChI=1S/C26H33N3O2/c1-18(2)20-6-5-7-21(16-20)26(3,4)29-25(30)28-22-10-14-24(15-11-22)31-23-12-8-19(17-27)9-13-23/h5-9,12-13,16,18,22,24H,10-11,14-15H2,1-4H3,(H2,28,29,30)/t22-,24-. The molecule has 2 aromatic rings. The maximum absolute atomic E-state index is 12.7. The zero-order valence-electron chi connectivity index (χ0n) is 18.9. The summed E-state index contributed by atoms with van der Waals surface area (Å²) < 4.78 is 6.04. The van der Waals surface area contributed by atoms with Crippen LogP contribution in [-0.2, 0) is 5.54 Å². The van der Waals surface area contributed by atoms with Crippen molar-refractivity contribution in [1.82, 2.24) is 10.6 Å². The molecule has 0 heterocycles. The van der Waals surface area contributed by atoms with Crippen LogP contribution in [0.15, 0.2) is 48.5 Å². The topological polar surface area (TPSA) is 74.2 Å². The van der Waals surface area contributed by atoms with Crippen molar-refractivity contribution in [3.05, 3.63) is 65.2 Å². The number of hydrogen-bond acceptors (Lipinski definition) is 3. The van der Waals surface area contributed by atoms with Gasteiger partial charge in [-0.1, -0.05) is 38.1 Å². The molecular weight excluding hydrogens is 386 g/mol. The molecule has 2 aromatic carbocycles. The van der Waals surface area contributed by atoms with Crippen LogP contribution in [0.2, 0.25) is 0 Å². The van der Waals surface area contributed by atoms with E-state index in [1.165, 1.54) is 5.56 Å². The number of hydrogen-bond donors (Lipinski definition) is 2. The average Bonchev–Trinajstić information content (AvgIpc) is 2.75.